The zero-order chi connectivity index (χ0) is 19.4. The van der Waals surface area contributed by atoms with Crippen LogP contribution in [0, 0.1) is 0 Å². The minimum Gasteiger partial charge on any atom is -0.461 e. The van der Waals surface area contributed by atoms with Gasteiger partial charge in [-0.25, -0.2) is 4.79 Å². The van der Waals surface area contributed by atoms with E-state index in [-0.39, 0.29) is 18.1 Å². The molecule has 3 aromatic rings. The molecular weight excluding hydrogens is 356 g/mol. The van der Waals surface area contributed by atoms with Crippen molar-refractivity contribution in [2.45, 2.75) is 26.6 Å². The van der Waals surface area contributed by atoms with E-state index in [0.717, 1.165) is 16.6 Å². The Labute approximate surface area is 154 Å². The van der Waals surface area contributed by atoms with Gasteiger partial charge in [-0.1, -0.05) is 18.2 Å². The number of esters is 1. The van der Waals surface area contributed by atoms with Gasteiger partial charge in [-0.3, -0.25) is 4.68 Å². The highest BCUT2D eigenvalue weighted by Crippen LogP contribution is 2.23. The topological polar surface area (TPSA) is 79.4 Å². The highest BCUT2D eigenvalue weighted by molar-refractivity contribution is 6.02. The number of benzene rings is 2. The largest absolute Gasteiger partial charge is 0.461 e. The van der Waals surface area contributed by atoms with Gasteiger partial charge in [-0.2, -0.15) is 13.9 Å². The quantitative estimate of drug-likeness (QED) is 0.641. The summed E-state index contributed by atoms with van der Waals surface area (Å²) in [6, 6.07) is 11.8. The summed E-state index contributed by atoms with van der Waals surface area (Å²) < 4.78 is 35.6. The molecule has 142 valence electrons. The second-order valence-electron chi connectivity index (χ2n) is 5.80. The summed E-state index contributed by atoms with van der Waals surface area (Å²) >= 11 is 0. The fourth-order valence-electron chi connectivity index (χ4n) is 2.77. The smallest absolute Gasteiger partial charge is 0.387 e. The molecule has 6 nitrogen and oxygen atoms in total. The summed E-state index contributed by atoms with van der Waals surface area (Å²) in [5, 5.41) is 5.07. The second-order valence-corrected chi connectivity index (χ2v) is 5.80. The van der Waals surface area contributed by atoms with E-state index >= 15 is 0 Å². The van der Waals surface area contributed by atoms with Crippen molar-refractivity contribution in [3.05, 3.63) is 59.3 Å². The molecule has 0 saturated carbocycles. The van der Waals surface area contributed by atoms with Gasteiger partial charge in [0.05, 0.1) is 18.7 Å². The minimum absolute atomic E-state index is 0.0803. The number of nitrogens with two attached hydrogens (primary N) is 1. The van der Waals surface area contributed by atoms with E-state index in [1.807, 2.05) is 12.1 Å². The van der Waals surface area contributed by atoms with Crippen LogP contribution < -0.4 is 10.5 Å². The molecule has 3 rings (SSSR count). The SMILES string of the molecule is CCOC(=O)c1nn(Cc2ccc(OC(F)F)cc2)c2cc(CN)ccc12. The predicted molar refractivity (Wildman–Crippen MR) is 95.8 cm³/mol. The van der Waals surface area contributed by atoms with Crippen LogP contribution in [0.2, 0.25) is 0 Å². The van der Waals surface area contributed by atoms with Crippen molar-refractivity contribution in [3.8, 4) is 5.75 Å². The van der Waals surface area contributed by atoms with Crippen LogP contribution in [0.15, 0.2) is 42.5 Å². The summed E-state index contributed by atoms with van der Waals surface area (Å²) in [7, 11) is 0. The minimum atomic E-state index is -2.87. The molecule has 0 aliphatic heterocycles. The number of alkyl halides is 2. The van der Waals surface area contributed by atoms with Crippen LogP contribution in [-0.4, -0.2) is 29.0 Å². The monoisotopic (exact) mass is 375 g/mol. The number of fused-ring (bicyclic) bond motifs is 1. The van der Waals surface area contributed by atoms with Crippen molar-refractivity contribution in [3.63, 3.8) is 0 Å². The van der Waals surface area contributed by atoms with Gasteiger partial charge < -0.3 is 15.2 Å². The Kier molecular flexibility index (Phi) is 5.66. The molecule has 27 heavy (non-hydrogen) atoms. The van der Waals surface area contributed by atoms with Gasteiger partial charge >= 0.3 is 12.6 Å². The van der Waals surface area contributed by atoms with Crippen LogP contribution in [0.25, 0.3) is 10.9 Å². The van der Waals surface area contributed by atoms with Gasteiger partial charge in [0.1, 0.15) is 5.75 Å². The standard InChI is InChI=1S/C19H19F2N3O3/c1-2-26-18(25)17-15-8-5-13(10-22)9-16(15)24(23-17)11-12-3-6-14(7-4-12)27-19(20)21/h3-9,19H,2,10-11,22H2,1H3. The maximum Gasteiger partial charge on any atom is 0.387 e. The van der Waals surface area contributed by atoms with Crippen molar-refractivity contribution in [2.75, 3.05) is 6.61 Å². The van der Waals surface area contributed by atoms with Crippen molar-refractivity contribution < 1.29 is 23.0 Å². The molecule has 1 aromatic heterocycles. The third kappa shape index (κ3) is 4.22. The average Bonchev–Trinajstić information content (AvgIpc) is 3.01. The zero-order valence-electron chi connectivity index (χ0n) is 14.7. The van der Waals surface area contributed by atoms with Crippen LogP contribution in [0.5, 0.6) is 5.75 Å². The number of halogens is 2. The molecule has 0 radical (unpaired) electrons. The molecular formula is C19H19F2N3O3. The zero-order valence-corrected chi connectivity index (χ0v) is 14.7. The number of aromatic nitrogens is 2. The van der Waals surface area contributed by atoms with Crippen LogP contribution >= 0.6 is 0 Å². The first-order valence-electron chi connectivity index (χ1n) is 8.42. The molecule has 0 atom stereocenters. The molecule has 1 heterocycles. The highest BCUT2D eigenvalue weighted by Gasteiger charge is 2.18. The van der Waals surface area contributed by atoms with E-state index < -0.39 is 12.6 Å². The van der Waals surface area contributed by atoms with Crippen LogP contribution in [-0.2, 0) is 17.8 Å². The Morgan fingerprint density at radius 3 is 2.52 bits per heavy atom. The predicted octanol–water partition coefficient (Wildman–Crippen LogP) is 3.32. The molecule has 0 bridgehead atoms. The maximum atomic E-state index is 12.3. The summed E-state index contributed by atoms with van der Waals surface area (Å²) in [6.07, 6.45) is 0. The molecule has 0 aliphatic carbocycles. The molecule has 0 saturated heterocycles. The number of hydrogen-bond acceptors (Lipinski definition) is 5. The third-order valence-electron chi connectivity index (χ3n) is 4.00. The summed E-state index contributed by atoms with van der Waals surface area (Å²) in [6.45, 7) is -0.187. The van der Waals surface area contributed by atoms with Crippen LogP contribution in [0.1, 0.15) is 28.5 Å². The van der Waals surface area contributed by atoms with Crippen LogP contribution in [0.3, 0.4) is 0 Å². The van der Waals surface area contributed by atoms with Crippen molar-refractivity contribution in [1.82, 2.24) is 9.78 Å². The Hall–Kier alpha value is -3.00. The fourth-order valence-corrected chi connectivity index (χ4v) is 2.77. The lowest BCUT2D eigenvalue weighted by Crippen LogP contribution is -2.08. The Bertz CT molecular complexity index is 939. The van der Waals surface area contributed by atoms with Crippen molar-refractivity contribution in [2.24, 2.45) is 5.73 Å². The van der Waals surface area contributed by atoms with Crippen LogP contribution in [0.4, 0.5) is 8.78 Å². The van der Waals surface area contributed by atoms with Crippen molar-refractivity contribution in [1.29, 1.82) is 0 Å². The number of carbonyl (C=O) groups excluding carboxylic acids is 1. The second kappa shape index (κ2) is 8.13. The Morgan fingerprint density at radius 2 is 1.89 bits per heavy atom. The van der Waals surface area contributed by atoms with Gasteiger partial charge in [0.25, 0.3) is 0 Å². The first-order chi connectivity index (χ1) is 13.0. The fraction of sp³-hybridized carbons (Fsp3) is 0.263. The van der Waals surface area contributed by atoms with E-state index in [4.69, 9.17) is 10.5 Å². The first-order valence-corrected chi connectivity index (χ1v) is 8.42. The number of nitrogens with zero attached hydrogens (tertiary/aromatic N) is 2. The van der Waals surface area contributed by atoms with E-state index in [0.29, 0.717) is 18.5 Å². The maximum absolute atomic E-state index is 12.3. The van der Waals surface area contributed by atoms with E-state index in [1.54, 1.807) is 29.8 Å². The number of carbonyl (C=O) groups is 1. The molecule has 2 N–H and O–H groups in total. The lowest BCUT2D eigenvalue weighted by Gasteiger charge is -2.07. The summed E-state index contributed by atoms with van der Waals surface area (Å²) in [5.41, 5.74) is 8.41. The molecule has 0 amide bonds. The summed E-state index contributed by atoms with van der Waals surface area (Å²) in [5.74, 6) is -0.417. The van der Waals surface area contributed by atoms with Gasteiger partial charge in [0.15, 0.2) is 5.69 Å². The molecule has 0 unspecified atom stereocenters. The van der Waals surface area contributed by atoms with E-state index in [2.05, 4.69) is 9.84 Å². The van der Waals surface area contributed by atoms with Gasteiger partial charge in [0, 0.05) is 11.9 Å². The molecule has 0 spiro atoms. The van der Waals surface area contributed by atoms with E-state index in [9.17, 15) is 13.6 Å². The molecule has 0 fully saturated rings. The van der Waals surface area contributed by atoms with Gasteiger partial charge in [0.2, 0.25) is 0 Å². The van der Waals surface area contributed by atoms with E-state index in [1.165, 1.54) is 12.1 Å². The highest BCUT2D eigenvalue weighted by atomic mass is 19.3. The summed E-state index contributed by atoms with van der Waals surface area (Å²) in [4.78, 5) is 12.2. The number of rotatable bonds is 7. The molecule has 2 aromatic carbocycles. The van der Waals surface area contributed by atoms with Gasteiger partial charge in [-0.15, -0.1) is 0 Å². The van der Waals surface area contributed by atoms with Crippen molar-refractivity contribution >= 4 is 16.9 Å². The number of hydrogen-bond donors (Lipinski definition) is 1. The van der Waals surface area contributed by atoms with Gasteiger partial charge in [-0.05, 0) is 42.3 Å². The lowest BCUT2D eigenvalue weighted by atomic mass is 10.1. The Balaban J connectivity index is 1.96. The Morgan fingerprint density at radius 1 is 1.19 bits per heavy atom. The number of ether oxygens (including phenoxy) is 2. The lowest BCUT2D eigenvalue weighted by molar-refractivity contribution is -0.0498. The normalized spacial score (nSPS) is 11.1. The molecule has 0 aliphatic rings. The third-order valence-corrected chi connectivity index (χ3v) is 4.00. The first kappa shape index (κ1) is 18.8. The molecule has 8 heteroatoms. The average molecular weight is 375 g/mol.